The number of hydrogen-bond acceptors (Lipinski definition) is 1. The molecule has 20 heavy (non-hydrogen) atoms. The molecule has 0 heterocycles. The molecular weight excluding hydrogens is 267 g/mol. The van der Waals surface area contributed by atoms with Crippen molar-refractivity contribution in [3.63, 3.8) is 0 Å². The second-order valence-corrected chi connectivity index (χ2v) is 5.23. The van der Waals surface area contributed by atoms with Gasteiger partial charge < -0.3 is 5.73 Å². The first kappa shape index (κ1) is 16.5. The molecule has 2 nitrogen and oxygen atoms in total. The van der Waals surface area contributed by atoms with Crippen molar-refractivity contribution in [3.05, 3.63) is 35.4 Å². The van der Waals surface area contributed by atoms with Crippen LogP contribution in [0.1, 0.15) is 50.7 Å². The lowest BCUT2D eigenvalue weighted by atomic mass is 9.77. The van der Waals surface area contributed by atoms with E-state index in [4.69, 9.17) is 5.73 Å². The van der Waals surface area contributed by atoms with E-state index in [-0.39, 0.29) is 0 Å². The first-order chi connectivity index (χ1) is 9.21. The Bertz CT molecular complexity index is 470. The van der Waals surface area contributed by atoms with Crippen molar-refractivity contribution in [2.24, 2.45) is 5.73 Å². The van der Waals surface area contributed by atoms with Crippen LogP contribution in [0.3, 0.4) is 0 Å². The zero-order valence-corrected chi connectivity index (χ0v) is 11.8. The summed E-state index contributed by atoms with van der Waals surface area (Å²) in [5, 5.41) is 0. The summed E-state index contributed by atoms with van der Waals surface area (Å²) in [4.78, 5) is 11.7. The normalized spacial score (nSPS) is 14.8. The van der Waals surface area contributed by atoms with Crippen LogP contribution < -0.4 is 5.73 Å². The third kappa shape index (κ3) is 3.74. The van der Waals surface area contributed by atoms with Crippen LogP contribution in [0.25, 0.3) is 0 Å². The highest BCUT2D eigenvalue weighted by Gasteiger charge is 2.36. The molecule has 1 atom stereocenters. The Labute approximate surface area is 117 Å². The van der Waals surface area contributed by atoms with Gasteiger partial charge in [0, 0.05) is 0 Å². The summed E-state index contributed by atoms with van der Waals surface area (Å²) < 4.78 is 38.2. The maximum absolute atomic E-state index is 12.7. The van der Waals surface area contributed by atoms with Crippen molar-refractivity contribution < 1.29 is 18.0 Å². The van der Waals surface area contributed by atoms with Gasteiger partial charge in [-0.15, -0.1) is 0 Å². The summed E-state index contributed by atoms with van der Waals surface area (Å²) in [6.45, 7) is 3.63. The number of amides is 1. The van der Waals surface area contributed by atoms with Gasteiger partial charge in [0.2, 0.25) is 5.91 Å². The quantitative estimate of drug-likeness (QED) is 0.789. The lowest BCUT2D eigenvalue weighted by Crippen LogP contribution is -2.38. The second-order valence-electron chi connectivity index (χ2n) is 5.23. The Morgan fingerprint density at radius 1 is 1.20 bits per heavy atom. The van der Waals surface area contributed by atoms with E-state index in [0.29, 0.717) is 12.0 Å². The number of unbranched alkanes of at least 4 members (excludes halogenated alkanes) is 2. The van der Waals surface area contributed by atoms with Crippen molar-refractivity contribution in [1.29, 1.82) is 0 Å². The van der Waals surface area contributed by atoms with E-state index < -0.39 is 23.1 Å². The Hall–Kier alpha value is -1.52. The molecule has 0 aliphatic rings. The molecule has 0 aliphatic carbocycles. The van der Waals surface area contributed by atoms with Gasteiger partial charge in [-0.2, -0.15) is 13.2 Å². The van der Waals surface area contributed by atoms with Gasteiger partial charge in [0.1, 0.15) is 0 Å². The van der Waals surface area contributed by atoms with Crippen LogP contribution in [0.5, 0.6) is 0 Å². The van der Waals surface area contributed by atoms with Gasteiger partial charge in [-0.3, -0.25) is 4.79 Å². The molecule has 1 rings (SSSR count). The van der Waals surface area contributed by atoms with Crippen molar-refractivity contribution in [3.8, 4) is 0 Å². The highest BCUT2D eigenvalue weighted by molar-refractivity contribution is 5.86. The fraction of sp³-hybridized carbons (Fsp3) is 0.533. The van der Waals surface area contributed by atoms with E-state index in [1.54, 1.807) is 6.92 Å². The summed E-state index contributed by atoms with van der Waals surface area (Å²) in [5.41, 5.74) is 3.94. The van der Waals surface area contributed by atoms with Crippen LogP contribution in [0.4, 0.5) is 13.2 Å². The number of carbonyl (C=O) groups excluding carboxylic acids is 1. The van der Waals surface area contributed by atoms with Crippen LogP contribution >= 0.6 is 0 Å². The van der Waals surface area contributed by atoms with E-state index in [2.05, 4.69) is 0 Å². The smallest absolute Gasteiger partial charge is 0.369 e. The molecule has 112 valence electrons. The fourth-order valence-corrected chi connectivity index (χ4v) is 2.18. The summed E-state index contributed by atoms with van der Waals surface area (Å²) in [6.07, 6.45) is -1.32. The van der Waals surface area contributed by atoms with Crippen LogP contribution in [-0.4, -0.2) is 5.91 Å². The Morgan fingerprint density at radius 2 is 1.80 bits per heavy atom. The fourth-order valence-electron chi connectivity index (χ4n) is 2.18. The third-order valence-electron chi connectivity index (χ3n) is 3.65. The van der Waals surface area contributed by atoms with Crippen molar-refractivity contribution in [2.45, 2.75) is 51.1 Å². The minimum Gasteiger partial charge on any atom is -0.369 e. The van der Waals surface area contributed by atoms with Crippen LogP contribution in [0, 0.1) is 0 Å². The third-order valence-corrected chi connectivity index (χ3v) is 3.65. The number of alkyl halides is 3. The average Bonchev–Trinajstić information content (AvgIpc) is 2.37. The molecule has 0 fully saturated rings. The van der Waals surface area contributed by atoms with Crippen molar-refractivity contribution in [2.75, 3.05) is 0 Å². The molecule has 0 radical (unpaired) electrons. The number of halogens is 3. The first-order valence-electron chi connectivity index (χ1n) is 6.69. The minimum absolute atomic E-state index is 0.330. The van der Waals surface area contributed by atoms with E-state index >= 15 is 0 Å². The maximum Gasteiger partial charge on any atom is 0.416 e. The van der Waals surface area contributed by atoms with Gasteiger partial charge in [0.05, 0.1) is 11.0 Å². The molecule has 0 unspecified atom stereocenters. The van der Waals surface area contributed by atoms with E-state index in [1.165, 1.54) is 12.1 Å². The molecule has 0 aromatic heterocycles. The number of hydrogen-bond donors (Lipinski definition) is 1. The van der Waals surface area contributed by atoms with Gasteiger partial charge in [0.25, 0.3) is 0 Å². The molecule has 5 heteroatoms. The van der Waals surface area contributed by atoms with Crippen LogP contribution in [0.15, 0.2) is 24.3 Å². The zero-order valence-electron chi connectivity index (χ0n) is 11.8. The van der Waals surface area contributed by atoms with Crippen LogP contribution in [0.2, 0.25) is 0 Å². The summed E-state index contributed by atoms with van der Waals surface area (Å²) in [7, 11) is 0. The molecule has 1 amide bonds. The Balaban J connectivity index is 3.12. The molecular formula is C15H20F3NO. The largest absolute Gasteiger partial charge is 0.416 e. The number of nitrogens with two attached hydrogens (primary N) is 1. The molecule has 1 aromatic carbocycles. The predicted molar refractivity (Wildman–Crippen MR) is 72.1 cm³/mol. The molecule has 0 spiro atoms. The Morgan fingerprint density at radius 3 is 2.30 bits per heavy atom. The van der Waals surface area contributed by atoms with Crippen LogP contribution in [-0.2, 0) is 16.4 Å². The molecule has 0 aliphatic heterocycles. The van der Waals surface area contributed by atoms with Crippen molar-refractivity contribution in [1.82, 2.24) is 0 Å². The number of carbonyl (C=O) groups is 1. The highest BCUT2D eigenvalue weighted by atomic mass is 19.4. The lowest BCUT2D eigenvalue weighted by molar-refractivity contribution is -0.137. The predicted octanol–water partition coefficient (Wildman–Crippen LogP) is 4.03. The molecule has 0 bridgehead atoms. The average molecular weight is 287 g/mol. The highest BCUT2D eigenvalue weighted by Crippen LogP contribution is 2.35. The van der Waals surface area contributed by atoms with Gasteiger partial charge in [-0.1, -0.05) is 44.4 Å². The standard InChI is InChI=1S/C15H20F3NO/c1-3-4-5-9-14(2,13(19)20)11-7-6-8-12(10-11)15(16,17)18/h6-8,10H,3-5,9H2,1-2H3,(H2,19,20)/t14-/m1/s1. The lowest BCUT2D eigenvalue weighted by Gasteiger charge is -2.27. The zero-order chi connectivity index (χ0) is 15.4. The van der Waals surface area contributed by atoms with Crippen molar-refractivity contribution >= 4 is 5.91 Å². The number of benzene rings is 1. The minimum atomic E-state index is -4.42. The second kappa shape index (κ2) is 6.29. The molecule has 0 saturated heterocycles. The number of primary amides is 1. The molecule has 1 aromatic rings. The first-order valence-corrected chi connectivity index (χ1v) is 6.69. The van der Waals surface area contributed by atoms with E-state index in [1.807, 2.05) is 6.92 Å². The van der Waals surface area contributed by atoms with Gasteiger partial charge in [-0.25, -0.2) is 0 Å². The van der Waals surface area contributed by atoms with E-state index in [0.717, 1.165) is 31.4 Å². The topological polar surface area (TPSA) is 43.1 Å². The maximum atomic E-state index is 12.7. The number of rotatable bonds is 6. The summed E-state index contributed by atoms with van der Waals surface area (Å²) in [6, 6.07) is 4.87. The SMILES string of the molecule is CCCCC[C@@](C)(C(N)=O)c1cccc(C(F)(F)F)c1. The Kier molecular flexibility index (Phi) is 5.20. The summed E-state index contributed by atoms with van der Waals surface area (Å²) >= 11 is 0. The summed E-state index contributed by atoms with van der Waals surface area (Å²) in [5.74, 6) is -0.590. The molecule has 0 saturated carbocycles. The van der Waals surface area contributed by atoms with Gasteiger partial charge >= 0.3 is 6.18 Å². The van der Waals surface area contributed by atoms with E-state index in [9.17, 15) is 18.0 Å². The molecule has 2 N–H and O–H groups in total. The monoisotopic (exact) mass is 287 g/mol. The van der Waals surface area contributed by atoms with Gasteiger partial charge in [-0.05, 0) is 25.0 Å². The van der Waals surface area contributed by atoms with Gasteiger partial charge in [0.15, 0.2) is 0 Å².